The fourth-order valence-corrected chi connectivity index (χ4v) is 3.83. The van der Waals surface area contributed by atoms with Crippen LogP contribution in [0, 0.1) is 0 Å². The van der Waals surface area contributed by atoms with Gasteiger partial charge in [0.2, 0.25) is 5.91 Å². The lowest BCUT2D eigenvalue weighted by Gasteiger charge is -2.18. The summed E-state index contributed by atoms with van der Waals surface area (Å²) < 4.78 is 21.9. The van der Waals surface area contributed by atoms with Crippen LogP contribution >= 0.6 is 0 Å². The monoisotopic (exact) mass is 451 g/mol. The number of methoxy groups -OCH3 is 2. The molecule has 0 spiro atoms. The summed E-state index contributed by atoms with van der Waals surface area (Å²) in [5, 5.41) is 4.15. The van der Waals surface area contributed by atoms with E-state index in [0.29, 0.717) is 49.3 Å². The van der Waals surface area contributed by atoms with Crippen molar-refractivity contribution in [3.05, 3.63) is 53.9 Å². The van der Waals surface area contributed by atoms with Crippen molar-refractivity contribution in [3.8, 4) is 28.7 Å². The first-order valence-corrected chi connectivity index (χ1v) is 11.2. The van der Waals surface area contributed by atoms with E-state index in [1.54, 1.807) is 19.1 Å². The molecule has 0 aliphatic carbocycles. The summed E-state index contributed by atoms with van der Waals surface area (Å²) in [7, 11) is 3.22. The van der Waals surface area contributed by atoms with Crippen LogP contribution in [0.3, 0.4) is 0 Å². The van der Waals surface area contributed by atoms with Crippen molar-refractivity contribution in [3.63, 3.8) is 0 Å². The average Bonchev–Trinajstić information content (AvgIpc) is 3.47. The van der Waals surface area contributed by atoms with Crippen molar-refractivity contribution >= 4 is 5.91 Å². The Hall–Kier alpha value is -3.55. The molecule has 0 saturated carbocycles. The summed E-state index contributed by atoms with van der Waals surface area (Å²) >= 11 is 0. The smallest absolute Gasteiger partial charge is 0.257 e. The Morgan fingerprint density at radius 1 is 1.09 bits per heavy atom. The van der Waals surface area contributed by atoms with E-state index in [9.17, 15) is 4.79 Å². The van der Waals surface area contributed by atoms with E-state index >= 15 is 0 Å². The highest BCUT2D eigenvalue weighted by Gasteiger charge is 2.34. The maximum absolute atomic E-state index is 12.7. The van der Waals surface area contributed by atoms with E-state index in [1.807, 2.05) is 42.5 Å². The Morgan fingerprint density at radius 2 is 1.88 bits per heavy atom. The van der Waals surface area contributed by atoms with Crippen LogP contribution in [0.4, 0.5) is 0 Å². The van der Waals surface area contributed by atoms with Crippen molar-refractivity contribution in [1.29, 1.82) is 0 Å². The number of hydrogen-bond acceptors (Lipinski definition) is 7. The number of benzene rings is 2. The molecule has 3 aromatic rings. The molecule has 1 unspecified atom stereocenters. The molecule has 33 heavy (non-hydrogen) atoms. The zero-order valence-corrected chi connectivity index (χ0v) is 19.2. The zero-order chi connectivity index (χ0) is 23.2. The van der Waals surface area contributed by atoms with Crippen LogP contribution in [0.25, 0.3) is 11.5 Å². The summed E-state index contributed by atoms with van der Waals surface area (Å²) in [5.74, 6) is 3.14. The van der Waals surface area contributed by atoms with Gasteiger partial charge in [-0.15, -0.1) is 0 Å². The topological polar surface area (TPSA) is 86.9 Å². The molecule has 174 valence electrons. The predicted octanol–water partition coefficient (Wildman–Crippen LogP) is 4.45. The van der Waals surface area contributed by atoms with Crippen molar-refractivity contribution in [2.45, 2.75) is 38.6 Å². The second kappa shape index (κ2) is 10.4. The third kappa shape index (κ3) is 5.27. The Morgan fingerprint density at radius 3 is 2.61 bits per heavy atom. The number of rotatable bonds is 10. The number of nitrogens with zero attached hydrogens (tertiary/aromatic N) is 3. The van der Waals surface area contributed by atoms with Crippen LogP contribution in [0.5, 0.6) is 17.2 Å². The van der Waals surface area contributed by atoms with Crippen molar-refractivity contribution in [2.24, 2.45) is 0 Å². The summed E-state index contributed by atoms with van der Waals surface area (Å²) in [4.78, 5) is 19.0. The molecule has 2 heterocycles. The highest BCUT2D eigenvalue weighted by molar-refractivity contribution is 5.79. The minimum atomic E-state index is -0.115. The molecular weight excluding hydrogens is 422 g/mol. The maximum atomic E-state index is 12.7. The molecule has 1 aliphatic heterocycles. The van der Waals surface area contributed by atoms with E-state index in [1.165, 1.54) is 0 Å². The van der Waals surface area contributed by atoms with E-state index < -0.39 is 0 Å². The number of unbranched alkanes of at least 4 members (excludes halogenated alkanes) is 1. The van der Waals surface area contributed by atoms with Gasteiger partial charge in [0.25, 0.3) is 5.89 Å². The van der Waals surface area contributed by atoms with Crippen LogP contribution in [0.2, 0.25) is 0 Å². The van der Waals surface area contributed by atoms with Gasteiger partial charge < -0.3 is 23.6 Å². The van der Waals surface area contributed by atoms with Gasteiger partial charge in [0.05, 0.1) is 20.8 Å². The molecule has 1 fully saturated rings. The normalized spacial score (nSPS) is 15.7. The van der Waals surface area contributed by atoms with Gasteiger partial charge in [-0.2, -0.15) is 4.98 Å². The molecule has 0 radical (unpaired) electrons. The molecule has 1 aromatic heterocycles. The van der Waals surface area contributed by atoms with Crippen LogP contribution < -0.4 is 14.2 Å². The van der Waals surface area contributed by atoms with Crippen LogP contribution in [0.15, 0.2) is 47.0 Å². The molecule has 8 nitrogen and oxygen atoms in total. The molecule has 1 amide bonds. The number of amides is 1. The number of likely N-dealkylation sites (tertiary alicyclic amines) is 1. The molecule has 0 N–H and O–H groups in total. The van der Waals surface area contributed by atoms with E-state index in [0.717, 1.165) is 29.7 Å². The maximum Gasteiger partial charge on any atom is 0.257 e. The summed E-state index contributed by atoms with van der Waals surface area (Å²) in [5.41, 5.74) is 1.74. The van der Waals surface area contributed by atoms with Gasteiger partial charge in [0, 0.05) is 42.6 Å². The summed E-state index contributed by atoms with van der Waals surface area (Å²) in [6.07, 6.45) is 2.47. The Labute approximate surface area is 193 Å². The van der Waals surface area contributed by atoms with Crippen molar-refractivity contribution in [1.82, 2.24) is 15.0 Å². The molecule has 1 saturated heterocycles. The number of carbonyl (C=O) groups excluding carboxylic acids is 1. The number of hydrogen-bond donors (Lipinski definition) is 0. The molecule has 2 aromatic carbocycles. The predicted molar refractivity (Wildman–Crippen MR) is 122 cm³/mol. The third-order valence-corrected chi connectivity index (χ3v) is 5.74. The first kappa shape index (κ1) is 22.6. The largest absolute Gasteiger partial charge is 0.497 e. The van der Waals surface area contributed by atoms with Gasteiger partial charge in [0.1, 0.15) is 17.2 Å². The fraction of sp³-hybridized carbons (Fsp3) is 0.400. The first-order chi connectivity index (χ1) is 16.1. The first-order valence-electron chi connectivity index (χ1n) is 11.2. The molecular formula is C25H29N3O5. The standard InChI is InChI=1S/C25H29N3O5/c1-4-5-12-32-20-9-6-17(7-10-20)25-26-24(27-33-25)19-13-23(29)28(16-19)15-18-8-11-21(30-2)14-22(18)31-3/h6-11,14,19H,4-5,12-13,15-16H2,1-3H3. The highest BCUT2D eigenvalue weighted by Crippen LogP contribution is 2.32. The second-order valence-corrected chi connectivity index (χ2v) is 8.04. The van der Waals surface area contributed by atoms with Gasteiger partial charge in [-0.25, -0.2) is 0 Å². The van der Waals surface area contributed by atoms with Crippen LogP contribution in [0.1, 0.15) is 43.5 Å². The molecule has 0 bridgehead atoms. The van der Waals surface area contributed by atoms with Crippen molar-refractivity contribution in [2.75, 3.05) is 27.4 Å². The van der Waals surface area contributed by atoms with Crippen LogP contribution in [-0.2, 0) is 11.3 Å². The summed E-state index contributed by atoms with van der Waals surface area (Å²) in [6.45, 7) is 3.81. The molecule has 1 atom stereocenters. The van der Waals surface area contributed by atoms with Gasteiger partial charge in [-0.05, 0) is 42.8 Å². The minimum absolute atomic E-state index is 0.0535. The van der Waals surface area contributed by atoms with Gasteiger partial charge in [-0.1, -0.05) is 18.5 Å². The number of aromatic nitrogens is 2. The number of carbonyl (C=O) groups is 1. The quantitative estimate of drug-likeness (QED) is 0.421. The Balaban J connectivity index is 1.41. The van der Waals surface area contributed by atoms with E-state index in [-0.39, 0.29) is 11.8 Å². The Bertz CT molecular complexity index is 1080. The second-order valence-electron chi connectivity index (χ2n) is 8.04. The summed E-state index contributed by atoms with van der Waals surface area (Å²) in [6, 6.07) is 13.2. The fourth-order valence-electron chi connectivity index (χ4n) is 3.83. The lowest BCUT2D eigenvalue weighted by molar-refractivity contribution is -0.128. The third-order valence-electron chi connectivity index (χ3n) is 5.74. The Kier molecular flexibility index (Phi) is 7.12. The van der Waals surface area contributed by atoms with Crippen molar-refractivity contribution < 1.29 is 23.5 Å². The minimum Gasteiger partial charge on any atom is -0.497 e. The SMILES string of the molecule is CCCCOc1ccc(-c2nc(C3CC(=O)N(Cc4ccc(OC)cc4OC)C3)no2)cc1. The van der Waals surface area contributed by atoms with Gasteiger partial charge >= 0.3 is 0 Å². The van der Waals surface area contributed by atoms with Gasteiger partial charge in [-0.3, -0.25) is 4.79 Å². The molecule has 1 aliphatic rings. The molecule has 4 rings (SSSR count). The average molecular weight is 452 g/mol. The lowest BCUT2D eigenvalue weighted by Crippen LogP contribution is -2.24. The van der Waals surface area contributed by atoms with Gasteiger partial charge in [0.15, 0.2) is 5.82 Å². The van der Waals surface area contributed by atoms with Crippen LogP contribution in [-0.4, -0.2) is 48.3 Å². The van der Waals surface area contributed by atoms with E-state index in [2.05, 4.69) is 17.1 Å². The highest BCUT2D eigenvalue weighted by atomic mass is 16.5. The lowest BCUT2D eigenvalue weighted by atomic mass is 10.1. The molecule has 8 heteroatoms. The number of ether oxygens (including phenoxy) is 3. The van der Waals surface area contributed by atoms with E-state index in [4.69, 9.17) is 18.7 Å². The zero-order valence-electron chi connectivity index (χ0n) is 19.2.